The van der Waals surface area contributed by atoms with Crippen LogP contribution in [-0.2, 0) is 4.79 Å². The second kappa shape index (κ2) is 4.64. The van der Waals surface area contributed by atoms with Gasteiger partial charge in [0.1, 0.15) is 0 Å². The van der Waals surface area contributed by atoms with Gasteiger partial charge in [0.25, 0.3) is 5.91 Å². The maximum Gasteiger partial charge on any atom is 0.258 e. The topological polar surface area (TPSA) is 20.3 Å². The Bertz CT molecular complexity index is 728. The molecule has 0 aliphatic carbocycles. The van der Waals surface area contributed by atoms with Gasteiger partial charge in [0, 0.05) is 18.2 Å². The van der Waals surface area contributed by atoms with Crippen LogP contribution in [-0.4, -0.2) is 13.0 Å². The van der Waals surface area contributed by atoms with Crippen LogP contribution in [0.5, 0.6) is 0 Å². The molecule has 0 unspecified atom stereocenters. The van der Waals surface area contributed by atoms with Crippen LogP contribution in [0.2, 0.25) is 0 Å². The van der Waals surface area contributed by atoms with Crippen LogP contribution in [0.1, 0.15) is 22.3 Å². The van der Waals surface area contributed by atoms with Crippen molar-refractivity contribution in [3.63, 3.8) is 0 Å². The second-order valence-corrected chi connectivity index (χ2v) is 5.30. The molecule has 1 aliphatic rings. The summed E-state index contributed by atoms with van der Waals surface area (Å²) in [5.41, 5.74) is 6.27. The van der Waals surface area contributed by atoms with E-state index in [4.69, 9.17) is 0 Å². The van der Waals surface area contributed by atoms with E-state index in [-0.39, 0.29) is 5.91 Å². The normalized spacial score (nSPS) is 15.8. The number of amides is 1. The van der Waals surface area contributed by atoms with Crippen molar-refractivity contribution < 1.29 is 4.79 Å². The Morgan fingerprint density at radius 1 is 1.05 bits per heavy atom. The lowest BCUT2D eigenvalue weighted by Gasteiger charge is -2.08. The van der Waals surface area contributed by atoms with Gasteiger partial charge in [0.15, 0.2) is 0 Å². The Labute approximate surface area is 119 Å². The molecule has 0 saturated carbocycles. The average molecular weight is 263 g/mol. The van der Waals surface area contributed by atoms with Gasteiger partial charge in [-0.25, -0.2) is 0 Å². The highest BCUT2D eigenvalue weighted by Crippen LogP contribution is 2.36. The lowest BCUT2D eigenvalue weighted by atomic mass is 10.00. The van der Waals surface area contributed by atoms with Crippen molar-refractivity contribution in [3.8, 4) is 0 Å². The highest BCUT2D eigenvalue weighted by molar-refractivity contribution is 6.35. The molecule has 2 heteroatoms. The summed E-state index contributed by atoms with van der Waals surface area (Å²) >= 11 is 0. The van der Waals surface area contributed by atoms with Gasteiger partial charge in [-0.2, -0.15) is 0 Å². The van der Waals surface area contributed by atoms with Crippen LogP contribution in [0.25, 0.3) is 11.6 Å². The number of likely N-dealkylation sites (N-methyl/N-ethyl adjacent to an activating group) is 1. The minimum Gasteiger partial charge on any atom is -0.311 e. The number of nitrogens with zero attached hydrogens (tertiary/aromatic N) is 1. The third-order valence-electron chi connectivity index (χ3n) is 3.83. The van der Waals surface area contributed by atoms with E-state index in [1.54, 1.807) is 4.90 Å². The number of carbonyl (C=O) groups is 1. The number of para-hydroxylation sites is 1. The lowest BCUT2D eigenvalue weighted by Crippen LogP contribution is -2.20. The summed E-state index contributed by atoms with van der Waals surface area (Å²) in [6.45, 7) is 4.14. The van der Waals surface area contributed by atoms with Crippen molar-refractivity contribution >= 4 is 23.2 Å². The van der Waals surface area contributed by atoms with Crippen molar-refractivity contribution in [2.75, 3.05) is 11.9 Å². The number of benzene rings is 2. The molecular formula is C18H17NO. The second-order valence-electron chi connectivity index (χ2n) is 5.30. The van der Waals surface area contributed by atoms with E-state index < -0.39 is 0 Å². The molecule has 2 nitrogen and oxygen atoms in total. The molecule has 1 aliphatic heterocycles. The summed E-state index contributed by atoms with van der Waals surface area (Å²) in [5, 5.41) is 0. The summed E-state index contributed by atoms with van der Waals surface area (Å²) in [7, 11) is 1.82. The highest BCUT2D eigenvalue weighted by atomic mass is 16.2. The van der Waals surface area contributed by atoms with Gasteiger partial charge in [-0.3, -0.25) is 4.79 Å². The van der Waals surface area contributed by atoms with Crippen molar-refractivity contribution in [1.29, 1.82) is 0 Å². The summed E-state index contributed by atoms with van der Waals surface area (Å²) in [5.74, 6) is 0.0621. The lowest BCUT2D eigenvalue weighted by molar-refractivity contribution is -0.112. The molecule has 0 fully saturated rings. The molecule has 0 aromatic heterocycles. The Morgan fingerprint density at radius 2 is 1.80 bits per heavy atom. The zero-order valence-corrected chi connectivity index (χ0v) is 12.0. The van der Waals surface area contributed by atoms with Crippen LogP contribution in [0.3, 0.4) is 0 Å². The molecule has 3 rings (SSSR count). The van der Waals surface area contributed by atoms with Gasteiger partial charge in [0.2, 0.25) is 0 Å². The van der Waals surface area contributed by atoms with Crippen LogP contribution >= 0.6 is 0 Å². The SMILES string of the molecule is Cc1ccc(C)c(/C=C2/C(=O)N(C)c3ccccc32)c1. The summed E-state index contributed by atoms with van der Waals surface area (Å²) in [6.07, 6.45) is 2.01. The van der Waals surface area contributed by atoms with E-state index in [0.717, 1.165) is 22.4 Å². The zero-order chi connectivity index (χ0) is 14.3. The number of hydrogen-bond donors (Lipinski definition) is 0. The number of carbonyl (C=O) groups excluding carboxylic acids is 1. The maximum atomic E-state index is 12.4. The molecular weight excluding hydrogens is 246 g/mol. The summed E-state index contributed by atoms with van der Waals surface area (Å²) in [4.78, 5) is 14.1. The molecule has 2 aromatic carbocycles. The maximum absolute atomic E-state index is 12.4. The monoisotopic (exact) mass is 263 g/mol. The zero-order valence-electron chi connectivity index (χ0n) is 12.0. The van der Waals surface area contributed by atoms with Gasteiger partial charge >= 0.3 is 0 Å². The minimum atomic E-state index is 0.0621. The standard InChI is InChI=1S/C18H17NO/c1-12-8-9-13(2)14(10-12)11-16-15-6-4-5-7-17(15)19(3)18(16)20/h4-11H,1-3H3/b16-11+. The Morgan fingerprint density at radius 3 is 2.60 bits per heavy atom. The first-order valence-corrected chi connectivity index (χ1v) is 6.74. The summed E-state index contributed by atoms with van der Waals surface area (Å²) in [6, 6.07) is 14.2. The van der Waals surface area contributed by atoms with Crippen LogP contribution in [0, 0.1) is 13.8 Å². The molecule has 0 radical (unpaired) electrons. The Balaban J connectivity index is 2.17. The molecule has 100 valence electrons. The Kier molecular flexibility index (Phi) is 2.94. The van der Waals surface area contributed by atoms with E-state index in [9.17, 15) is 4.79 Å². The third kappa shape index (κ3) is 1.94. The van der Waals surface area contributed by atoms with Gasteiger partial charge in [-0.05, 0) is 37.1 Å². The van der Waals surface area contributed by atoms with E-state index in [1.807, 2.05) is 37.4 Å². The first kappa shape index (κ1) is 12.7. The number of aryl methyl sites for hydroxylation is 2. The number of rotatable bonds is 1. The van der Waals surface area contributed by atoms with Gasteiger partial charge in [-0.15, -0.1) is 0 Å². The van der Waals surface area contributed by atoms with Gasteiger partial charge in [0.05, 0.1) is 5.69 Å². The molecule has 2 aromatic rings. The fourth-order valence-electron chi connectivity index (χ4n) is 2.61. The van der Waals surface area contributed by atoms with Crippen molar-refractivity contribution in [1.82, 2.24) is 0 Å². The molecule has 0 N–H and O–H groups in total. The van der Waals surface area contributed by atoms with Crippen LogP contribution in [0.15, 0.2) is 42.5 Å². The molecule has 20 heavy (non-hydrogen) atoms. The largest absolute Gasteiger partial charge is 0.311 e. The van der Waals surface area contributed by atoms with Crippen molar-refractivity contribution in [2.45, 2.75) is 13.8 Å². The average Bonchev–Trinajstić information content (AvgIpc) is 2.68. The van der Waals surface area contributed by atoms with E-state index in [1.165, 1.54) is 11.1 Å². The Hall–Kier alpha value is -2.35. The van der Waals surface area contributed by atoms with Crippen molar-refractivity contribution in [3.05, 3.63) is 64.7 Å². The fourth-order valence-corrected chi connectivity index (χ4v) is 2.61. The molecule has 0 bridgehead atoms. The third-order valence-corrected chi connectivity index (χ3v) is 3.83. The molecule has 0 spiro atoms. The summed E-state index contributed by atoms with van der Waals surface area (Å²) < 4.78 is 0. The fraction of sp³-hybridized carbons (Fsp3) is 0.167. The predicted octanol–water partition coefficient (Wildman–Crippen LogP) is 3.82. The van der Waals surface area contributed by atoms with E-state index >= 15 is 0 Å². The quantitative estimate of drug-likeness (QED) is 0.716. The molecule has 1 amide bonds. The van der Waals surface area contributed by atoms with Gasteiger partial charge < -0.3 is 4.90 Å². The highest BCUT2D eigenvalue weighted by Gasteiger charge is 2.28. The molecule has 0 saturated heterocycles. The number of hydrogen-bond acceptors (Lipinski definition) is 1. The van der Waals surface area contributed by atoms with Gasteiger partial charge in [-0.1, -0.05) is 42.0 Å². The first-order valence-electron chi connectivity index (χ1n) is 6.74. The number of anilines is 1. The minimum absolute atomic E-state index is 0.0621. The predicted molar refractivity (Wildman–Crippen MR) is 83.6 cm³/mol. The molecule has 1 heterocycles. The smallest absolute Gasteiger partial charge is 0.258 e. The van der Waals surface area contributed by atoms with Crippen LogP contribution < -0.4 is 4.90 Å². The van der Waals surface area contributed by atoms with Crippen molar-refractivity contribution in [2.24, 2.45) is 0 Å². The van der Waals surface area contributed by atoms with E-state index in [2.05, 4.69) is 32.0 Å². The first-order chi connectivity index (χ1) is 9.58. The van der Waals surface area contributed by atoms with E-state index in [0.29, 0.717) is 0 Å². The van der Waals surface area contributed by atoms with Crippen LogP contribution in [0.4, 0.5) is 5.69 Å². The number of fused-ring (bicyclic) bond motifs is 1. The molecule has 0 atom stereocenters.